The van der Waals surface area contributed by atoms with E-state index in [0.717, 1.165) is 5.82 Å². The molecule has 2 rings (SSSR count). The van der Waals surface area contributed by atoms with Gasteiger partial charge in [-0.25, -0.2) is 9.37 Å². The van der Waals surface area contributed by atoms with E-state index < -0.39 is 11.9 Å². The molecule has 0 aliphatic heterocycles. The summed E-state index contributed by atoms with van der Waals surface area (Å²) in [5.41, 5.74) is 0.288. The van der Waals surface area contributed by atoms with Gasteiger partial charge in [0.1, 0.15) is 11.6 Å². The fourth-order valence-electron chi connectivity index (χ4n) is 1.65. The molecule has 17 heavy (non-hydrogen) atoms. The lowest BCUT2D eigenvalue weighted by Gasteiger charge is -2.12. The van der Waals surface area contributed by atoms with Gasteiger partial charge in [-0.05, 0) is 12.1 Å². The third kappa shape index (κ3) is 2.73. The van der Waals surface area contributed by atoms with Gasteiger partial charge >= 0.3 is 0 Å². The normalized spacial score (nSPS) is 12.7. The van der Waals surface area contributed by atoms with Crippen LogP contribution in [0.5, 0.6) is 0 Å². The van der Waals surface area contributed by atoms with Crippen LogP contribution in [0.1, 0.15) is 17.5 Å². The van der Waals surface area contributed by atoms with Crippen LogP contribution in [0.15, 0.2) is 35.1 Å². The number of imidazole rings is 1. The minimum absolute atomic E-state index is 0.288. The second kappa shape index (κ2) is 4.98. The van der Waals surface area contributed by atoms with Crippen LogP contribution < -0.4 is 0 Å². The van der Waals surface area contributed by atoms with Crippen molar-refractivity contribution < 1.29 is 9.50 Å². The first kappa shape index (κ1) is 12.3. The zero-order valence-corrected chi connectivity index (χ0v) is 10.9. The minimum atomic E-state index is -0.885. The number of nitrogens with zero attached hydrogens (tertiary/aromatic N) is 2. The summed E-state index contributed by atoms with van der Waals surface area (Å²) in [6.07, 6.45) is 2.85. The van der Waals surface area contributed by atoms with Gasteiger partial charge in [-0.2, -0.15) is 0 Å². The molecule has 1 heterocycles. The fourth-order valence-corrected chi connectivity index (χ4v) is 1.98. The van der Waals surface area contributed by atoms with E-state index in [-0.39, 0.29) is 5.56 Å². The van der Waals surface area contributed by atoms with Gasteiger partial charge in [0.2, 0.25) is 0 Å². The first-order chi connectivity index (χ1) is 8.08. The molecule has 2 aromatic rings. The Morgan fingerprint density at radius 3 is 2.88 bits per heavy atom. The van der Waals surface area contributed by atoms with Crippen LogP contribution in [-0.4, -0.2) is 14.7 Å². The molecule has 3 nitrogen and oxygen atoms in total. The average Bonchev–Trinajstić information content (AvgIpc) is 2.64. The lowest BCUT2D eigenvalue weighted by atomic mass is 10.1. The van der Waals surface area contributed by atoms with Crippen molar-refractivity contribution in [2.45, 2.75) is 12.5 Å². The second-order valence-corrected chi connectivity index (χ2v) is 4.76. The quantitative estimate of drug-likeness (QED) is 0.946. The number of rotatable bonds is 3. The highest BCUT2D eigenvalue weighted by molar-refractivity contribution is 9.10. The molecule has 0 spiro atoms. The SMILES string of the molecule is Cn1ccnc1CC(O)c1ccc(Br)cc1F. The van der Waals surface area contributed by atoms with E-state index in [4.69, 9.17) is 0 Å². The Bertz CT molecular complexity index is 527. The van der Waals surface area contributed by atoms with E-state index in [1.54, 1.807) is 29.1 Å². The average molecular weight is 299 g/mol. The summed E-state index contributed by atoms with van der Waals surface area (Å²) < 4.78 is 16.1. The van der Waals surface area contributed by atoms with Gasteiger partial charge < -0.3 is 9.67 Å². The first-order valence-corrected chi connectivity index (χ1v) is 5.96. The maximum Gasteiger partial charge on any atom is 0.130 e. The van der Waals surface area contributed by atoms with Gasteiger partial charge in [-0.3, -0.25) is 0 Å². The van der Waals surface area contributed by atoms with Crippen molar-refractivity contribution in [3.8, 4) is 0 Å². The van der Waals surface area contributed by atoms with Gasteiger partial charge in [0.05, 0.1) is 6.10 Å². The predicted octanol–water partition coefficient (Wildman–Crippen LogP) is 2.60. The number of benzene rings is 1. The Morgan fingerprint density at radius 1 is 1.53 bits per heavy atom. The van der Waals surface area contributed by atoms with Crippen molar-refractivity contribution in [1.82, 2.24) is 9.55 Å². The molecule has 0 saturated heterocycles. The van der Waals surface area contributed by atoms with Gasteiger partial charge in [-0.15, -0.1) is 0 Å². The maximum atomic E-state index is 13.6. The summed E-state index contributed by atoms with van der Waals surface area (Å²) in [4.78, 5) is 4.10. The van der Waals surface area contributed by atoms with Crippen molar-refractivity contribution in [2.75, 3.05) is 0 Å². The van der Waals surface area contributed by atoms with Crippen LogP contribution in [0, 0.1) is 5.82 Å². The van der Waals surface area contributed by atoms with Crippen molar-refractivity contribution >= 4 is 15.9 Å². The Hall–Kier alpha value is -1.20. The molecule has 1 unspecified atom stereocenters. The van der Waals surface area contributed by atoms with Gasteiger partial charge in [-0.1, -0.05) is 22.0 Å². The molecule has 5 heteroatoms. The van der Waals surface area contributed by atoms with E-state index in [9.17, 15) is 9.50 Å². The third-order valence-electron chi connectivity index (χ3n) is 2.62. The van der Waals surface area contributed by atoms with Crippen molar-refractivity contribution in [1.29, 1.82) is 0 Å². The van der Waals surface area contributed by atoms with Gasteiger partial charge in [0, 0.05) is 35.9 Å². The smallest absolute Gasteiger partial charge is 0.130 e. The van der Waals surface area contributed by atoms with Crippen LogP contribution >= 0.6 is 15.9 Å². The fraction of sp³-hybridized carbons (Fsp3) is 0.250. The van der Waals surface area contributed by atoms with Crippen LogP contribution in [0.4, 0.5) is 4.39 Å². The standard InChI is InChI=1S/C12H12BrFN2O/c1-16-5-4-15-12(16)7-11(17)9-3-2-8(13)6-10(9)14/h2-6,11,17H,7H2,1H3. The Morgan fingerprint density at radius 2 is 2.29 bits per heavy atom. The van der Waals surface area contributed by atoms with Crippen molar-refractivity contribution in [2.24, 2.45) is 7.05 Å². The molecule has 1 aromatic carbocycles. The van der Waals surface area contributed by atoms with E-state index in [2.05, 4.69) is 20.9 Å². The molecule has 1 N–H and O–H groups in total. The van der Waals surface area contributed by atoms with Crippen molar-refractivity contribution in [3.63, 3.8) is 0 Å². The van der Waals surface area contributed by atoms with Gasteiger partial charge in [0.15, 0.2) is 0 Å². The number of halogens is 2. The van der Waals surface area contributed by atoms with E-state index in [1.807, 2.05) is 7.05 Å². The molecule has 0 aliphatic rings. The molecular weight excluding hydrogens is 287 g/mol. The highest BCUT2D eigenvalue weighted by Gasteiger charge is 2.15. The molecule has 0 saturated carbocycles. The summed E-state index contributed by atoms with van der Waals surface area (Å²) in [6.45, 7) is 0. The second-order valence-electron chi connectivity index (χ2n) is 3.84. The number of aromatic nitrogens is 2. The molecule has 90 valence electrons. The summed E-state index contributed by atoms with van der Waals surface area (Å²) in [7, 11) is 1.84. The van der Waals surface area contributed by atoms with E-state index in [0.29, 0.717) is 10.9 Å². The van der Waals surface area contributed by atoms with E-state index in [1.165, 1.54) is 6.07 Å². The minimum Gasteiger partial charge on any atom is -0.388 e. The monoisotopic (exact) mass is 298 g/mol. The summed E-state index contributed by atoms with van der Waals surface area (Å²) >= 11 is 3.18. The highest BCUT2D eigenvalue weighted by Crippen LogP contribution is 2.23. The molecule has 0 bridgehead atoms. The molecule has 1 aromatic heterocycles. The topological polar surface area (TPSA) is 38.0 Å². The number of hydrogen-bond donors (Lipinski definition) is 1. The summed E-state index contributed by atoms with van der Waals surface area (Å²) in [5.74, 6) is 0.306. The van der Waals surface area contributed by atoms with E-state index >= 15 is 0 Å². The number of aliphatic hydroxyl groups excluding tert-OH is 1. The maximum absolute atomic E-state index is 13.6. The van der Waals surface area contributed by atoms with Crippen molar-refractivity contribution in [3.05, 3.63) is 52.3 Å². The Kier molecular flexibility index (Phi) is 3.59. The molecule has 0 fully saturated rings. The number of aliphatic hydroxyl groups is 1. The number of hydrogen-bond acceptors (Lipinski definition) is 2. The molecule has 0 aliphatic carbocycles. The first-order valence-electron chi connectivity index (χ1n) is 5.17. The lowest BCUT2D eigenvalue weighted by Crippen LogP contribution is -2.08. The third-order valence-corrected chi connectivity index (χ3v) is 3.11. The molecular formula is C12H12BrFN2O. The zero-order valence-electron chi connectivity index (χ0n) is 9.27. The zero-order chi connectivity index (χ0) is 12.4. The Labute approximate surface area is 107 Å². The Balaban J connectivity index is 2.20. The summed E-state index contributed by atoms with van der Waals surface area (Å²) in [6, 6.07) is 4.63. The largest absolute Gasteiger partial charge is 0.388 e. The molecule has 0 amide bonds. The van der Waals surface area contributed by atoms with Gasteiger partial charge in [0.25, 0.3) is 0 Å². The van der Waals surface area contributed by atoms with Crippen LogP contribution in [0.3, 0.4) is 0 Å². The van der Waals surface area contributed by atoms with Crippen LogP contribution in [-0.2, 0) is 13.5 Å². The predicted molar refractivity (Wildman–Crippen MR) is 66.0 cm³/mol. The molecule has 0 radical (unpaired) electrons. The lowest BCUT2D eigenvalue weighted by molar-refractivity contribution is 0.170. The highest BCUT2D eigenvalue weighted by atomic mass is 79.9. The number of aryl methyl sites for hydroxylation is 1. The summed E-state index contributed by atoms with van der Waals surface area (Å²) in [5, 5.41) is 9.98. The molecule has 1 atom stereocenters. The van der Waals surface area contributed by atoms with Crippen LogP contribution in [0.25, 0.3) is 0 Å². The van der Waals surface area contributed by atoms with Crippen LogP contribution in [0.2, 0.25) is 0 Å².